The molecule has 0 aliphatic rings. The van der Waals surface area contributed by atoms with Gasteiger partial charge in [0.25, 0.3) is 0 Å². The molecule has 6 heteroatoms. The van der Waals surface area contributed by atoms with Crippen LogP contribution in [0.15, 0.2) is 35.7 Å². The molecule has 1 aromatic carbocycles. The lowest BCUT2D eigenvalue weighted by atomic mass is 10.3. The van der Waals surface area contributed by atoms with Crippen molar-refractivity contribution in [3.05, 3.63) is 42.5 Å². The zero-order valence-corrected chi connectivity index (χ0v) is 9.23. The van der Waals surface area contributed by atoms with Crippen molar-refractivity contribution in [1.29, 1.82) is 0 Å². The second-order valence-electron chi connectivity index (χ2n) is 3.03. The maximum atomic E-state index is 13.2. The molecular weight excluding hydrogens is 236 g/mol. The van der Waals surface area contributed by atoms with Crippen molar-refractivity contribution in [2.75, 3.05) is 6.54 Å². The molecule has 0 saturated heterocycles. The van der Waals surface area contributed by atoms with E-state index in [2.05, 4.69) is 11.3 Å². The smallest absolute Gasteiger partial charge is 0.211 e. The summed E-state index contributed by atoms with van der Waals surface area (Å²) in [7, 11) is -4.14. The van der Waals surface area contributed by atoms with Gasteiger partial charge in [-0.25, -0.2) is 21.9 Å². The van der Waals surface area contributed by atoms with Gasteiger partial charge in [0.1, 0.15) is 11.6 Å². The van der Waals surface area contributed by atoms with Crippen LogP contribution in [-0.2, 0) is 10.0 Å². The Kier molecular flexibility index (Phi) is 4.14. The third kappa shape index (κ3) is 2.86. The van der Waals surface area contributed by atoms with E-state index in [0.29, 0.717) is 6.42 Å². The zero-order valence-electron chi connectivity index (χ0n) is 8.41. The van der Waals surface area contributed by atoms with Crippen molar-refractivity contribution in [3.63, 3.8) is 0 Å². The summed E-state index contributed by atoms with van der Waals surface area (Å²) >= 11 is 0. The van der Waals surface area contributed by atoms with E-state index in [1.165, 1.54) is 6.08 Å². The molecule has 1 aromatic rings. The lowest BCUT2D eigenvalue weighted by Crippen LogP contribution is -2.26. The Morgan fingerprint density at radius 3 is 2.38 bits per heavy atom. The van der Waals surface area contributed by atoms with Gasteiger partial charge in [-0.2, -0.15) is 0 Å². The van der Waals surface area contributed by atoms with Crippen LogP contribution in [-0.4, -0.2) is 15.0 Å². The van der Waals surface area contributed by atoms with Gasteiger partial charge in [-0.3, -0.25) is 0 Å². The average molecular weight is 247 g/mol. The van der Waals surface area contributed by atoms with Gasteiger partial charge < -0.3 is 0 Å². The van der Waals surface area contributed by atoms with Crippen molar-refractivity contribution in [2.24, 2.45) is 0 Å². The molecule has 0 aromatic heterocycles. The van der Waals surface area contributed by atoms with Crippen molar-refractivity contribution in [3.8, 4) is 0 Å². The number of sulfonamides is 1. The summed E-state index contributed by atoms with van der Waals surface area (Å²) in [6, 6.07) is 2.89. The van der Waals surface area contributed by atoms with Gasteiger partial charge in [-0.15, -0.1) is 6.58 Å². The first-order valence-electron chi connectivity index (χ1n) is 4.53. The normalized spacial score (nSPS) is 11.4. The van der Waals surface area contributed by atoms with Crippen LogP contribution in [0.25, 0.3) is 0 Å². The maximum absolute atomic E-state index is 13.2. The summed E-state index contributed by atoms with van der Waals surface area (Å²) < 4.78 is 51.5. The van der Waals surface area contributed by atoms with E-state index in [4.69, 9.17) is 0 Å². The predicted molar refractivity (Wildman–Crippen MR) is 56.4 cm³/mol. The van der Waals surface area contributed by atoms with Crippen molar-refractivity contribution >= 4 is 10.0 Å². The quantitative estimate of drug-likeness (QED) is 0.637. The maximum Gasteiger partial charge on any atom is 0.246 e. The van der Waals surface area contributed by atoms with E-state index in [-0.39, 0.29) is 6.54 Å². The molecule has 0 bridgehead atoms. The zero-order chi connectivity index (χ0) is 12.2. The minimum Gasteiger partial charge on any atom is -0.211 e. The third-order valence-electron chi connectivity index (χ3n) is 1.83. The first-order valence-corrected chi connectivity index (χ1v) is 6.02. The second-order valence-corrected chi connectivity index (χ2v) is 4.73. The fraction of sp³-hybridized carbons (Fsp3) is 0.200. The molecule has 0 spiro atoms. The number of nitrogens with one attached hydrogen (secondary N) is 1. The van der Waals surface area contributed by atoms with Crippen molar-refractivity contribution in [2.45, 2.75) is 11.3 Å². The standard InChI is InChI=1S/C10H11F2NO2S/c1-2-3-7-13-16(14,15)10-8(11)5-4-6-9(10)12/h2,4-6,13H,1,3,7H2. The van der Waals surface area contributed by atoms with Crippen LogP contribution in [0.3, 0.4) is 0 Å². The summed E-state index contributed by atoms with van der Waals surface area (Å²) in [6.45, 7) is 3.46. The summed E-state index contributed by atoms with van der Waals surface area (Å²) in [5.74, 6) is -2.21. The summed E-state index contributed by atoms with van der Waals surface area (Å²) in [4.78, 5) is -0.945. The van der Waals surface area contributed by atoms with Gasteiger partial charge in [0, 0.05) is 6.54 Å². The molecule has 16 heavy (non-hydrogen) atoms. The molecule has 3 nitrogen and oxygen atoms in total. The Balaban J connectivity index is 3.03. The van der Waals surface area contributed by atoms with Crippen LogP contribution in [0, 0.1) is 11.6 Å². The Labute approximate surface area is 92.8 Å². The van der Waals surface area contributed by atoms with Crippen LogP contribution >= 0.6 is 0 Å². The summed E-state index contributed by atoms with van der Waals surface area (Å²) in [5.41, 5.74) is 0. The lowest BCUT2D eigenvalue weighted by Gasteiger charge is -2.07. The van der Waals surface area contributed by atoms with Crippen LogP contribution in [0.2, 0.25) is 0 Å². The Bertz CT molecular complexity index is 465. The monoisotopic (exact) mass is 247 g/mol. The molecular formula is C10H11F2NO2S. The highest BCUT2D eigenvalue weighted by atomic mass is 32.2. The molecule has 0 atom stereocenters. The second kappa shape index (κ2) is 5.18. The predicted octanol–water partition coefficient (Wildman–Crippen LogP) is 1.82. The molecule has 0 saturated carbocycles. The Morgan fingerprint density at radius 1 is 1.31 bits per heavy atom. The van der Waals surface area contributed by atoms with Crippen LogP contribution in [0.4, 0.5) is 8.78 Å². The number of hydrogen-bond acceptors (Lipinski definition) is 2. The van der Waals surface area contributed by atoms with E-state index >= 15 is 0 Å². The fourth-order valence-electron chi connectivity index (χ4n) is 1.11. The SMILES string of the molecule is C=CCCNS(=O)(=O)c1c(F)cccc1F. The summed E-state index contributed by atoms with van der Waals surface area (Å²) in [5, 5.41) is 0. The summed E-state index contributed by atoms with van der Waals surface area (Å²) in [6.07, 6.45) is 1.88. The molecule has 0 aliphatic heterocycles. The van der Waals surface area contributed by atoms with E-state index in [1.54, 1.807) is 0 Å². The topological polar surface area (TPSA) is 46.2 Å². The Morgan fingerprint density at radius 2 is 1.88 bits per heavy atom. The molecule has 0 heterocycles. The molecule has 0 unspecified atom stereocenters. The molecule has 0 aliphatic carbocycles. The van der Waals surface area contributed by atoms with E-state index in [0.717, 1.165) is 18.2 Å². The average Bonchev–Trinajstić information content (AvgIpc) is 2.17. The van der Waals surface area contributed by atoms with Crippen molar-refractivity contribution in [1.82, 2.24) is 4.72 Å². The van der Waals surface area contributed by atoms with Crippen molar-refractivity contribution < 1.29 is 17.2 Å². The highest BCUT2D eigenvalue weighted by Gasteiger charge is 2.22. The molecule has 1 rings (SSSR count). The van der Waals surface area contributed by atoms with Gasteiger partial charge in [0.15, 0.2) is 4.90 Å². The third-order valence-corrected chi connectivity index (χ3v) is 3.34. The molecule has 1 N–H and O–H groups in total. The van der Waals surface area contributed by atoms with Crippen LogP contribution in [0.5, 0.6) is 0 Å². The first-order chi connectivity index (χ1) is 7.49. The van der Waals surface area contributed by atoms with E-state index in [9.17, 15) is 17.2 Å². The fourth-order valence-corrected chi connectivity index (χ4v) is 2.29. The number of halogens is 2. The van der Waals surface area contributed by atoms with Gasteiger partial charge in [-0.05, 0) is 18.6 Å². The number of rotatable bonds is 5. The van der Waals surface area contributed by atoms with Gasteiger partial charge in [-0.1, -0.05) is 12.1 Å². The Hall–Kier alpha value is -1.27. The van der Waals surface area contributed by atoms with Crippen LogP contribution in [0.1, 0.15) is 6.42 Å². The molecule has 0 radical (unpaired) electrons. The number of hydrogen-bond donors (Lipinski definition) is 1. The van der Waals surface area contributed by atoms with Gasteiger partial charge in [0.05, 0.1) is 0 Å². The van der Waals surface area contributed by atoms with Gasteiger partial charge in [0.2, 0.25) is 10.0 Å². The van der Waals surface area contributed by atoms with E-state index in [1.807, 2.05) is 0 Å². The molecule has 0 amide bonds. The van der Waals surface area contributed by atoms with Gasteiger partial charge >= 0.3 is 0 Å². The highest BCUT2D eigenvalue weighted by Crippen LogP contribution is 2.17. The number of benzene rings is 1. The largest absolute Gasteiger partial charge is 0.246 e. The highest BCUT2D eigenvalue weighted by molar-refractivity contribution is 7.89. The molecule has 0 fully saturated rings. The van der Waals surface area contributed by atoms with Crippen LogP contribution < -0.4 is 4.72 Å². The molecule has 88 valence electrons. The first kappa shape index (κ1) is 12.8. The minimum atomic E-state index is -4.14. The minimum absolute atomic E-state index is 0.0552. The lowest BCUT2D eigenvalue weighted by molar-refractivity contribution is 0.514. The van der Waals surface area contributed by atoms with E-state index < -0.39 is 26.6 Å².